The van der Waals surface area contributed by atoms with Crippen molar-refractivity contribution in [2.75, 3.05) is 10.2 Å². The van der Waals surface area contributed by atoms with Crippen molar-refractivity contribution in [2.24, 2.45) is 0 Å². The second-order valence-electron chi connectivity index (χ2n) is 8.77. The third kappa shape index (κ3) is 3.29. The van der Waals surface area contributed by atoms with Crippen molar-refractivity contribution in [2.45, 2.75) is 24.4 Å². The topological polar surface area (TPSA) is 78.5 Å². The van der Waals surface area contributed by atoms with Gasteiger partial charge in [-0.25, -0.2) is 13.6 Å². The molecule has 0 aromatic heterocycles. The Morgan fingerprint density at radius 1 is 1.06 bits per heavy atom. The van der Waals surface area contributed by atoms with Crippen molar-refractivity contribution < 1.29 is 23.2 Å². The molecule has 6 nitrogen and oxygen atoms in total. The second-order valence-corrected chi connectivity index (χ2v) is 10.1. The predicted octanol–water partition coefficient (Wildman–Crippen LogP) is 5.98. The molecule has 0 bridgehead atoms. The summed E-state index contributed by atoms with van der Waals surface area (Å²) in [6.07, 6.45) is 0.932. The van der Waals surface area contributed by atoms with Crippen LogP contribution >= 0.6 is 27.5 Å². The second kappa shape index (κ2) is 7.60. The average Bonchev–Trinajstić information content (AvgIpc) is 3.48. The Hall–Kier alpha value is -3.30. The zero-order valence-corrected chi connectivity index (χ0v) is 20.1. The number of hydrogen-bond acceptors (Lipinski definition) is 3. The van der Waals surface area contributed by atoms with Gasteiger partial charge >= 0.3 is 6.03 Å². The molecule has 10 heteroatoms. The molecule has 2 aliphatic heterocycles. The van der Waals surface area contributed by atoms with Crippen molar-refractivity contribution in [3.8, 4) is 0 Å². The van der Waals surface area contributed by atoms with E-state index in [1.165, 1.54) is 35.2 Å². The van der Waals surface area contributed by atoms with Gasteiger partial charge in [-0.2, -0.15) is 0 Å². The van der Waals surface area contributed by atoms with Gasteiger partial charge in [-0.1, -0.05) is 27.5 Å². The molecule has 1 aliphatic carbocycles. The van der Waals surface area contributed by atoms with Crippen molar-refractivity contribution in [3.63, 3.8) is 0 Å². The SMILES string of the molecule is O=C1NC(c2cc(F)ccc2Cl)c2c(NC(=O)N3c4ccc(F)cc4C(=O)C34CC4)cc(Br)cc21. The molecule has 1 saturated carbocycles. The van der Waals surface area contributed by atoms with Crippen molar-refractivity contribution in [3.05, 3.63) is 91.9 Å². The molecule has 2 N–H and O–H groups in total. The molecular weight excluding hydrogens is 544 g/mol. The van der Waals surface area contributed by atoms with Crippen molar-refractivity contribution in [1.29, 1.82) is 0 Å². The maximum atomic E-state index is 14.0. The van der Waals surface area contributed by atoms with E-state index in [2.05, 4.69) is 26.6 Å². The van der Waals surface area contributed by atoms with Gasteiger partial charge in [0, 0.05) is 37.4 Å². The van der Waals surface area contributed by atoms with E-state index in [0.717, 1.165) is 6.07 Å². The van der Waals surface area contributed by atoms with Gasteiger partial charge in [0.2, 0.25) is 0 Å². The van der Waals surface area contributed by atoms with Gasteiger partial charge in [0.05, 0.1) is 11.7 Å². The van der Waals surface area contributed by atoms with Gasteiger partial charge in [-0.05, 0) is 61.4 Å². The average molecular weight is 559 g/mol. The zero-order chi connectivity index (χ0) is 24.6. The Morgan fingerprint density at radius 3 is 2.51 bits per heavy atom. The summed E-state index contributed by atoms with van der Waals surface area (Å²) in [6, 6.07) is 9.45. The van der Waals surface area contributed by atoms with Crippen LogP contribution in [0.5, 0.6) is 0 Å². The smallest absolute Gasteiger partial charge is 0.327 e. The molecule has 1 atom stereocenters. The normalized spacial score (nSPS) is 19.0. The zero-order valence-electron chi connectivity index (χ0n) is 17.8. The van der Waals surface area contributed by atoms with Gasteiger partial charge in [0.25, 0.3) is 5.91 Å². The summed E-state index contributed by atoms with van der Waals surface area (Å²) >= 11 is 9.69. The summed E-state index contributed by atoms with van der Waals surface area (Å²) in [5, 5.41) is 5.89. The molecule has 1 unspecified atom stereocenters. The Kier molecular flexibility index (Phi) is 4.82. The predicted molar refractivity (Wildman–Crippen MR) is 129 cm³/mol. The van der Waals surface area contributed by atoms with Crippen LogP contribution in [0.4, 0.5) is 25.0 Å². The van der Waals surface area contributed by atoms with Crippen LogP contribution in [0.1, 0.15) is 50.7 Å². The summed E-state index contributed by atoms with van der Waals surface area (Å²) in [7, 11) is 0. The van der Waals surface area contributed by atoms with Crippen LogP contribution in [0.15, 0.2) is 53.0 Å². The summed E-state index contributed by atoms with van der Waals surface area (Å²) in [5.74, 6) is -1.77. The van der Waals surface area contributed by atoms with Crippen LogP contribution < -0.4 is 15.5 Å². The van der Waals surface area contributed by atoms with Crippen LogP contribution in [0.2, 0.25) is 5.02 Å². The van der Waals surface area contributed by atoms with E-state index < -0.39 is 35.2 Å². The monoisotopic (exact) mass is 557 g/mol. The highest BCUT2D eigenvalue weighted by atomic mass is 79.9. The van der Waals surface area contributed by atoms with E-state index in [0.29, 0.717) is 45.4 Å². The van der Waals surface area contributed by atoms with E-state index in [1.54, 1.807) is 12.1 Å². The number of carbonyl (C=O) groups excluding carboxylic acids is 3. The minimum Gasteiger partial charge on any atom is -0.341 e. The quantitative estimate of drug-likeness (QED) is 0.406. The molecule has 0 radical (unpaired) electrons. The Balaban J connectivity index is 1.43. The first-order valence-electron chi connectivity index (χ1n) is 10.7. The lowest BCUT2D eigenvalue weighted by Gasteiger charge is -2.26. The highest BCUT2D eigenvalue weighted by Gasteiger charge is 2.62. The van der Waals surface area contributed by atoms with E-state index in [1.807, 2.05) is 0 Å². The Morgan fingerprint density at radius 2 is 1.77 bits per heavy atom. The number of carbonyl (C=O) groups is 3. The molecular formula is C25H15BrClF2N3O3. The molecule has 6 rings (SSSR count). The number of benzene rings is 3. The molecule has 3 aliphatic rings. The maximum absolute atomic E-state index is 14.0. The minimum absolute atomic E-state index is 0.165. The van der Waals surface area contributed by atoms with Gasteiger partial charge in [-0.15, -0.1) is 0 Å². The van der Waals surface area contributed by atoms with E-state index >= 15 is 0 Å². The van der Waals surface area contributed by atoms with Gasteiger partial charge in [-0.3, -0.25) is 14.5 Å². The number of nitrogens with one attached hydrogen (secondary N) is 2. The summed E-state index contributed by atoms with van der Waals surface area (Å²) < 4.78 is 28.4. The lowest BCUT2D eigenvalue weighted by Crippen LogP contribution is -2.44. The van der Waals surface area contributed by atoms with Crippen LogP contribution in [0, 0.1) is 11.6 Å². The number of rotatable bonds is 2. The van der Waals surface area contributed by atoms with Crippen LogP contribution in [0.25, 0.3) is 0 Å². The van der Waals surface area contributed by atoms with Crippen LogP contribution in [-0.2, 0) is 0 Å². The van der Waals surface area contributed by atoms with Crippen LogP contribution in [0.3, 0.4) is 0 Å². The fraction of sp³-hybridized carbons (Fsp3) is 0.160. The number of Topliss-reactive ketones (excluding diaryl/α,β-unsaturated/α-hetero) is 1. The van der Waals surface area contributed by atoms with Gasteiger partial charge in [0.1, 0.15) is 17.2 Å². The number of ketones is 1. The van der Waals surface area contributed by atoms with Crippen molar-refractivity contribution >= 4 is 56.6 Å². The first-order chi connectivity index (χ1) is 16.7. The molecule has 176 valence electrons. The first kappa shape index (κ1) is 22.2. The number of hydrogen-bond donors (Lipinski definition) is 2. The lowest BCUT2D eigenvalue weighted by atomic mass is 9.96. The molecule has 35 heavy (non-hydrogen) atoms. The summed E-state index contributed by atoms with van der Waals surface area (Å²) in [5.41, 5.74) is 0.814. The van der Waals surface area contributed by atoms with E-state index in [4.69, 9.17) is 11.6 Å². The molecule has 3 aromatic carbocycles. The fourth-order valence-corrected chi connectivity index (χ4v) is 5.67. The highest BCUT2D eigenvalue weighted by Crippen LogP contribution is 2.53. The number of nitrogens with zero attached hydrogens (tertiary/aromatic N) is 1. The molecule has 1 spiro atoms. The minimum atomic E-state index is -1.03. The molecule has 0 saturated heterocycles. The number of amides is 3. The third-order valence-electron chi connectivity index (χ3n) is 6.69. The third-order valence-corrected chi connectivity index (χ3v) is 7.49. The largest absolute Gasteiger partial charge is 0.341 e. The van der Waals surface area contributed by atoms with Crippen molar-refractivity contribution in [1.82, 2.24) is 5.32 Å². The lowest BCUT2D eigenvalue weighted by molar-refractivity contribution is 0.0953. The Labute approximate surface area is 211 Å². The van der Waals surface area contributed by atoms with Gasteiger partial charge < -0.3 is 10.6 Å². The molecule has 1 fully saturated rings. The summed E-state index contributed by atoms with van der Waals surface area (Å²) in [4.78, 5) is 40.7. The van der Waals surface area contributed by atoms with Gasteiger partial charge in [0.15, 0.2) is 5.78 Å². The standard InChI is InChI=1S/C25H15BrClF2N3O3/c26-11-7-16-20(21(31-23(16)34)14-9-12(28)1-3-17(14)27)18(8-11)30-24(35)32-19-4-2-13(29)10-15(19)22(33)25(32)5-6-25/h1-4,7-10,21H,5-6H2,(H,30,35)(H,31,34). The highest BCUT2D eigenvalue weighted by molar-refractivity contribution is 9.10. The Bertz CT molecular complexity index is 1490. The molecule has 3 amide bonds. The molecule has 2 heterocycles. The molecule has 3 aromatic rings. The van der Waals surface area contributed by atoms with E-state index in [9.17, 15) is 23.2 Å². The number of anilines is 2. The number of urea groups is 1. The first-order valence-corrected chi connectivity index (χ1v) is 11.9. The maximum Gasteiger partial charge on any atom is 0.327 e. The van der Waals surface area contributed by atoms with E-state index in [-0.39, 0.29) is 16.4 Å². The summed E-state index contributed by atoms with van der Waals surface area (Å²) in [6.45, 7) is 0. The fourth-order valence-electron chi connectivity index (χ4n) is 4.98. The van der Waals surface area contributed by atoms with Crippen LogP contribution in [-0.4, -0.2) is 23.3 Å². The number of fused-ring (bicyclic) bond motifs is 2. The number of halogens is 4.